The molecule has 0 saturated carbocycles. The molecule has 1 amide bonds. The molecule has 3 atom stereocenters. The standard InChI is InChI=1S/C28H41BN2O3/c1-19(2)16-23(29(5)34)18-27(32)25(30-28(33)26-14-9-15-31(26)20(3)4)17-22-12-8-11-21-10-6-7-13-24(21)22/h6-8,10-13,19-20,23,25-26,34H,9,14-18H2,1-5H3,(H,30,33). The van der Waals surface area contributed by atoms with Crippen molar-refractivity contribution in [1.29, 1.82) is 0 Å². The maximum absolute atomic E-state index is 13.6. The summed E-state index contributed by atoms with van der Waals surface area (Å²) < 4.78 is 0. The van der Waals surface area contributed by atoms with Crippen LogP contribution in [0, 0.1) is 5.92 Å². The summed E-state index contributed by atoms with van der Waals surface area (Å²) in [4.78, 5) is 29.2. The van der Waals surface area contributed by atoms with Crippen LogP contribution < -0.4 is 5.32 Å². The molecule has 0 aromatic heterocycles. The van der Waals surface area contributed by atoms with E-state index >= 15 is 0 Å². The molecule has 0 spiro atoms. The summed E-state index contributed by atoms with van der Waals surface area (Å²) in [6.07, 6.45) is 3.32. The Hall–Kier alpha value is -2.18. The van der Waals surface area contributed by atoms with E-state index in [1.807, 2.05) is 24.3 Å². The SMILES string of the molecule is CB(O)C(CC(=O)C(Cc1cccc2ccccc12)NC(=O)C1CCCN1C(C)C)CC(C)C. The number of amides is 1. The minimum Gasteiger partial charge on any atom is -0.450 e. The van der Waals surface area contributed by atoms with Crippen molar-refractivity contribution in [2.75, 3.05) is 6.54 Å². The molecule has 0 bridgehead atoms. The normalized spacial score (nSPS) is 18.4. The number of nitrogens with one attached hydrogen (secondary N) is 1. The molecular formula is C28H41BN2O3. The summed E-state index contributed by atoms with van der Waals surface area (Å²) >= 11 is 0. The Balaban J connectivity index is 1.86. The molecule has 3 unspecified atom stereocenters. The summed E-state index contributed by atoms with van der Waals surface area (Å²) in [6, 6.07) is 13.8. The zero-order valence-electron chi connectivity index (χ0n) is 21.5. The molecule has 0 aliphatic carbocycles. The minimum absolute atomic E-state index is 0.00179. The Kier molecular flexibility index (Phi) is 9.32. The quantitative estimate of drug-likeness (QED) is 0.472. The number of rotatable bonds is 11. The van der Waals surface area contributed by atoms with Crippen LogP contribution in [-0.2, 0) is 16.0 Å². The lowest BCUT2D eigenvalue weighted by molar-refractivity contribution is -0.131. The molecule has 2 aromatic rings. The molecule has 5 nitrogen and oxygen atoms in total. The van der Waals surface area contributed by atoms with Crippen LogP contribution in [0.5, 0.6) is 0 Å². The predicted molar refractivity (Wildman–Crippen MR) is 141 cm³/mol. The maximum Gasteiger partial charge on any atom is 0.289 e. The second kappa shape index (κ2) is 12.0. The van der Waals surface area contributed by atoms with Gasteiger partial charge in [0.1, 0.15) is 0 Å². The van der Waals surface area contributed by atoms with Gasteiger partial charge in [-0.25, -0.2) is 0 Å². The van der Waals surface area contributed by atoms with Gasteiger partial charge < -0.3 is 10.3 Å². The molecular weight excluding hydrogens is 423 g/mol. The van der Waals surface area contributed by atoms with Crippen molar-refractivity contribution in [3.8, 4) is 0 Å². The predicted octanol–water partition coefficient (Wildman–Crippen LogP) is 4.73. The van der Waals surface area contributed by atoms with E-state index in [2.05, 4.69) is 56.1 Å². The molecule has 2 N–H and O–H groups in total. The molecule has 1 aliphatic rings. The number of nitrogens with zero attached hydrogens (tertiary/aromatic N) is 1. The van der Waals surface area contributed by atoms with Gasteiger partial charge in [-0.3, -0.25) is 14.5 Å². The highest BCUT2D eigenvalue weighted by Crippen LogP contribution is 2.27. The first kappa shape index (κ1) is 26.4. The van der Waals surface area contributed by atoms with Crippen LogP contribution in [0.4, 0.5) is 0 Å². The Labute approximate surface area is 205 Å². The number of likely N-dealkylation sites (tertiary alicyclic amines) is 1. The molecule has 34 heavy (non-hydrogen) atoms. The summed E-state index contributed by atoms with van der Waals surface area (Å²) in [7, 11) is 0. The zero-order valence-corrected chi connectivity index (χ0v) is 21.5. The van der Waals surface area contributed by atoms with Gasteiger partial charge >= 0.3 is 0 Å². The van der Waals surface area contributed by atoms with E-state index in [0.717, 1.165) is 42.1 Å². The van der Waals surface area contributed by atoms with Gasteiger partial charge in [0.05, 0.1) is 12.1 Å². The van der Waals surface area contributed by atoms with Gasteiger partial charge in [-0.2, -0.15) is 0 Å². The minimum atomic E-state index is -0.610. The van der Waals surface area contributed by atoms with E-state index in [4.69, 9.17) is 0 Å². The third-order valence-electron chi connectivity index (χ3n) is 7.19. The van der Waals surface area contributed by atoms with Gasteiger partial charge in [-0.15, -0.1) is 0 Å². The van der Waals surface area contributed by atoms with Crippen molar-refractivity contribution in [2.24, 2.45) is 5.92 Å². The summed E-state index contributed by atoms with van der Waals surface area (Å²) in [5, 5.41) is 15.7. The average molecular weight is 464 g/mol. The van der Waals surface area contributed by atoms with Gasteiger partial charge in [0.25, 0.3) is 6.92 Å². The number of carbonyl (C=O) groups excluding carboxylic acids is 2. The van der Waals surface area contributed by atoms with Crippen LogP contribution >= 0.6 is 0 Å². The van der Waals surface area contributed by atoms with Crippen LogP contribution in [0.15, 0.2) is 42.5 Å². The Morgan fingerprint density at radius 2 is 1.82 bits per heavy atom. The fraction of sp³-hybridized carbons (Fsp3) is 0.571. The highest BCUT2D eigenvalue weighted by atomic mass is 16.2. The van der Waals surface area contributed by atoms with Crippen LogP contribution in [-0.4, -0.2) is 53.2 Å². The lowest BCUT2D eigenvalue weighted by Gasteiger charge is -2.29. The zero-order chi connectivity index (χ0) is 24.8. The van der Waals surface area contributed by atoms with Crippen molar-refractivity contribution in [1.82, 2.24) is 10.2 Å². The monoisotopic (exact) mass is 464 g/mol. The Bertz CT molecular complexity index is 970. The molecule has 2 aromatic carbocycles. The number of hydrogen-bond acceptors (Lipinski definition) is 4. The van der Waals surface area contributed by atoms with Gasteiger partial charge in [0.2, 0.25) is 5.91 Å². The Morgan fingerprint density at radius 1 is 1.12 bits per heavy atom. The summed E-state index contributed by atoms with van der Waals surface area (Å²) in [5.41, 5.74) is 1.06. The van der Waals surface area contributed by atoms with Crippen molar-refractivity contribution in [2.45, 2.75) is 90.6 Å². The molecule has 1 saturated heterocycles. The highest BCUT2D eigenvalue weighted by Gasteiger charge is 2.35. The largest absolute Gasteiger partial charge is 0.450 e. The average Bonchev–Trinajstić information content (AvgIpc) is 3.28. The lowest BCUT2D eigenvalue weighted by atomic mass is 9.54. The first-order valence-electron chi connectivity index (χ1n) is 12.9. The van der Waals surface area contributed by atoms with Gasteiger partial charge in [0, 0.05) is 18.9 Å². The summed E-state index contributed by atoms with van der Waals surface area (Å²) in [6.45, 7) is 10.6. The molecule has 3 rings (SSSR count). The van der Waals surface area contributed by atoms with Crippen molar-refractivity contribution < 1.29 is 14.6 Å². The van der Waals surface area contributed by atoms with Crippen molar-refractivity contribution in [3.63, 3.8) is 0 Å². The molecule has 184 valence electrons. The van der Waals surface area contributed by atoms with Crippen LogP contribution in [0.3, 0.4) is 0 Å². The summed E-state index contributed by atoms with van der Waals surface area (Å²) in [5.74, 6) is 0.221. The van der Waals surface area contributed by atoms with Gasteiger partial charge in [-0.05, 0) is 61.3 Å². The Morgan fingerprint density at radius 3 is 2.50 bits per heavy atom. The van der Waals surface area contributed by atoms with Crippen LogP contribution in [0.2, 0.25) is 12.6 Å². The number of hydrogen-bond donors (Lipinski definition) is 2. The number of fused-ring (bicyclic) bond motifs is 1. The first-order valence-corrected chi connectivity index (χ1v) is 12.9. The van der Waals surface area contributed by atoms with E-state index < -0.39 is 13.0 Å². The van der Waals surface area contributed by atoms with E-state index in [-0.39, 0.29) is 36.0 Å². The number of ketones is 1. The second-order valence-electron chi connectivity index (χ2n) is 10.7. The molecule has 6 heteroatoms. The van der Waals surface area contributed by atoms with Crippen LogP contribution in [0.25, 0.3) is 10.8 Å². The maximum atomic E-state index is 13.6. The highest BCUT2D eigenvalue weighted by molar-refractivity contribution is 6.50. The first-order chi connectivity index (χ1) is 16.2. The fourth-order valence-corrected chi connectivity index (χ4v) is 5.35. The molecule has 1 fully saturated rings. The smallest absolute Gasteiger partial charge is 0.289 e. The van der Waals surface area contributed by atoms with Crippen molar-refractivity contribution >= 4 is 29.4 Å². The molecule has 0 radical (unpaired) electrons. The van der Waals surface area contributed by atoms with Gasteiger partial charge in [0.15, 0.2) is 5.78 Å². The van der Waals surface area contributed by atoms with E-state index in [1.165, 1.54) is 0 Å². The third-order valence-corrected chi connectivity index (χ3v) is 7.19. The third kappa shape index (κ3) is 6.70. The van der Waals surface area contributed by atoms with Gasteiger partial charge in [-0.1, -0.05) is 69.6 Å². The lowest BCUT2D eigenvalue weighted by Crippen LogP contribution is -2.51. The van der Waals surface area contributed by atoms with Crippen LogP contribution in [0.1, 0.15) is 58.9 Å². The van der Waals surface area contributed by atoms with E-state index in [0.29, 0.717) is 12.3 Å². The van der Waals surface area contributed by atoms with E-state index in [1.54, 1.807) is 6.82 Å². The molecule has 1 aliphatic heterocycles. The number of benzene rings is 2. The fourth-order valence-electron chi connectivity index (χ4n) is 5.35. The second-order valence-corrected chi connectivity index (χ2v) is 10.7. The van der Waals surface area contributed by atoms with Crippen molar-refractivity contribution in [3.05, 3.63) is 48.0 Å². The van der Waals surface area contributed by atoms with E-state index in [9.17, 15) is 14.6 Å². The molecule has 1 heterocycles. The number of carbonyl (C=O) groups is 2. The topological polar surface area (TPSA) is 69.6 Å². The number of Topliss-reactive ketones (excluding diaryl/α,β-unsaturated/α-hetero) is 1.